The SMILES string of the molecule is O=C(Nc1ccc(Br)cc1)[C@H]1CCCN1C(=O)c1ccco1. The van der Waals surface area contributed by atoms with Gasteiger partial charge in [-0.3, -0.25) is 9.59 Å². The van der Waals surface area contributed by atoms with Gasteiger partial charge in [-0.25, -0.2) is 0 Å². The molecule has 0 unspecified atom stereocenters. The molecule has 114 valence electrons. The van der Waals surface area contributed by atoms with Crippen molar-refractivity contribution < 1.29 is 14.0 Å². The zero-order valence-corrected chi connectivity index (χ0v) is 13.4. The number of amides is 2. The predicted octanol–water partition coefficient (Wildman–Crippen LogP) is 3.29. The van der Waals surface area contributed by atoms with Crippen molar-refractivity contribution in [3.8, 4) is 0 Å². The van der Waals surface area contributed by atoms with E-state index < -0.39 is 6.04 Å². The van der Waals surface area contributed by atoms with E-state index in [0.717, 1.165) is 10.9 Å². The Bertz CT molecular complexity index is 667. The molecule has 2 amide bonds. The number of benzene rings is 1. The molecule has 1 saturated heterocycles. The van der Waals surface area contributed by atoms with Gasteiger partial charge in [-0.15, -0.1) is 0 Å². The molecule has 2 aromatic rings. The van der Waals surface area contributed by atoms with Gasteiger partial charge in [0.05, 0.1) is 6.26 Å². The lowest BCUT2D eigenvalue weighted by atomic mass is 10.2. The van der Waals surface area contributed by atoms with Gasteiger partial charge in [-0.1, -0.05) is 15.9 Å². The quantitative estimate of drug-likeness (QED) is 0.910. The summed E-state index contributed by atoms with van der Waals surface area (Å²) in [4.78, 5) is 26.4. The van der Waals surface area contributed by atoms with Crippen molar-refractivity contribution in [2.75, 3.05) is 11.9 Å². The Morgan fingerprint density at radius 3 is 2.68 bits per heavy atom. The molecule has 5 nitrogen and oxygen atoms in total. The van der Waals surface area contributed by atoms with Gasteiger partial charge in [0, 0.05) is 16.7 Å². The number of carbonyl (C=O) groups excluding carboxylic acids is 2. The summed E-state index contributed by atoms with van der Waals surface area (Å²) in [5.74, 6) is -0.137. The van der Waals surface area contributed by atoms with Crippen molar-refractivity contribution in [2.24, 2.45) is 0 Å². The van der Waals surface area contributed by atoms with E-state index in [1.165, 1.54) is 6.26 Å². The minimum Gasteiger partial charge on any atom is -0.459 e. The van der Waals surface area contributed by atoms with E-state index in [0.29, 0.717) is 18.7 Å². The Morgan fingerprint density at radius 2 is 2.00 bits per heavy atom. The fraction of sp³-hybridized carbons (Fsp3) is 0.250. The van der Waals surface area contributed by atoms with E-state index >= 15 is 0 Å². The number of rotatable bonds is 3. The van der Waals surface area contributed by atoms with E-state index in [4.69, 9.17) is 4.42 Å². The van der Waals surface area contributed by atoms with Crippen LogP contribution in [-0.2, 0) is 4.79 Å². The molecule has 0 spiro atoms. The summed E-state index contributed by atoms with van der Waals surface area (Å²) < 4.78 is 6.08. The van der Waals surface area contributed by atoms with Crippen LogP contribution in [0.25, 0.3) is 0 Å². The Morgan fingerprint density at radius 1 is 1.23 bits per heavy atom. The lowest BCUT2D eigenvalue weighted by Gasteiger charge is -2.23. The Kier molecular flexibility index (Phi) is 4.29. The van der Waals surface area contributed by atoms with Crippen LogP contribution in [0.1, 0.15) is 23.4 Å². The maximum atomic E-state index is 12.4. The molecule has 0 aliphatic carbocycles. The fourth-order valence-corrected chi connectivity index (χ4v) is 2.85. The molecular weight excluding hydrogens is 348 g/mol. The van der Waals surface area contributed by atoms with E-state index in [9.17, 15) is 9.59 Å². The number of carbonyl (C=O) groups is 2. The number of nitrogens with one attached hydrogen (secondary N) is 1. The topological polar surface area (TPSA) is 62.6 Å². The molecule has 0 radical (unpaired) electrons. The van der Waals surface area contributed by atoms with Crippen molar-refractivity contribution in [3.05, 3.63) is 52.9 Å². The van der Waals surface area contributed by atoms with E-state index in [-0.39, 0.29) is 17.6 Å². The van der Waals surface area contributed by atoms with Crippen LogP contribution in [0.3, 0.4) is 0 Å². The summed E-state index contributed by atoms with van der Waals surface area (Å²) in [5, 5.41) is 2.86. The first-order valence-electron chi connectivity index (χ1n) is 7.06. The first kappa shape index (κ1) is 14.8. The van der Waals surface area contributed by atoms with Crippen LogP contribution in [0.5, 0.6) is 0 Å². The predicted molar refractivity (Wildman–Crippen MR) is 85.5 cm³/mol. The van der Waals surface area contributed by atoms with Crippen LogP contribution in [-0.4, -0.2) is 29.3 Å². The minimum atomic E-state index is -0.457. The number of likely N-dealkylation sites (tertiary alicyclic amines) is 1. The van der Waals surface area contributed by atoms with Gasteiger partial charge in [0.1, 0.15) is 6.04 Å². The molecule has 1 atom stereocenters. The third kappa shape index (κ3) is 3.06. The number of halogens is 1. The number of furan rings is 1. The second kappa shape index (κ2) is 6.36. The Balaban J connectivity index is 1.71. The maximum Gasteiger partial charge on any atom is 0.290 e. The average Bonchev–Trinajstić information content (AvgIpc) is 3.20. The van der Waals surface area contributed by atoms with Crippen LogP contribution in [0, 0.1) is 0 Å². The van der Waals surface area contributed by atoms with Gasteiger partial charge in [0.25, 0.3) is 5.91 Å². The molecule has 1 aliphatic rings. The third-order valence-corrected chi connectivity index (χ3v) is 4.19. The van der Waals surface area contributed by atoms with Crippen molar-refractivity contribution in [2.45, 2.75) is 18.9 Å². The Hall–Kier alpha value is -2.08. The number of hydrogen-bond donors (Lipinski definition) is 1. The molecule has 1 aromatic carbocycles. The molecule has 1 N–H and O–H groups in total. The van der Waals surface area contributed by atoms with Gasteiger partial charge >= 0.3 is 0 Å². The number of nitrogens with zero attached hydrogens (tertiary/aromatic N) is 1. The highest BCUT2D eigenvalue weighted by atomic mass is 79.9. The summed E-state index contributed by atoms with van der Waals surface area (Å²) in [7, 11) is 0. The third-order valence-electron chi connectivity index (χ3n) is 3.66. The maximum absolute atomic E-state index is 12.4. The highest BCUT2D eigenvalue weighted by molar-refractivity contribution is 9.10. The highest BCUT2D eigenvalue weighted by Gasteiger charge is 2.35. The number of anilines is 1. The van der Waals surface area contributed by atoms with Crippen LogP contribution in [0.15, 0.2) is 51.6 Å². The molecule has 1 aliphatic heterocycles. The zero-order valence-electron chi connectivity index (χ0n) is 11.8. The van der Waals surface area contributed by atoms with Gasteiger partial charge in [-0.2, -0.15) is 0 Å². The first-order chi connectivity index (χ1) is 10.6. The van der Waals surface area contributed by atoms with Gasteiger partial charge < -0.3 is 14.6 Å². The first-order valence-corrected chi connectivity index (χ1v) is 7.85. The second-order valence-corrected chi connectivity index (χ2v) is 6.05. The lowest BCUT2D eigenvalue weighted by molar-refractivity contribution is -0.119. The average molecular weight is 363 g/mol. The monoisotopic (exact) mass is 362 g/mol. The zero-order chi connectivity index (χ0) is 15.5. The minimum absolute atomic E-state index is 0.167. The molecule has 3 rings (SSSR count). The molecule has 2 heterocycles. The fourth-order valence-electron chi connectivity index (χ4n) is 2.58. The smallest absolute Gasteiger partial charge is 0.290 e. The molecule has 22 heavy (non-hydrogen) atoms. The Labute approximate surface area is 136 Å². The molecule has 0 saturated carbocycles. The molecule has 1 fully saturated rings. The van der Waals surface area contributed by atoms with Crippen molar-refractivity contribution in [3.63, 3.8) is 0 Å². The molecule has 1 aromatic heterocycles. The normalized spacial score (nSPS) is 17.5. The van der Waals surface area contributed by atoms with Crippen LogP contribution in [0.4, 0.5) is 5.69 Å². The van der Waals surface area contributed by atoms with Gasteiger partial charge in [0.2, 0.25) is 5.91 Å². The number of hydrogen-bond acceptors (Lipinski definition) is 3. The summed E-state index contributed by atoms with van der Waals surface area (Å²) in [6.45, 7) is 0.567. The lowest BCUT2D eigenvalue weighted by Crippen LogP contribution is -2.43. The van der Waals surface area contributed by atoms with E-state index in [1.807, 2.05) is 24.3 Å². The largest absolute Gasteiger partial charge is 0.459 e. The van der Waals surface area contributed by atoms with Crippen molar-refractivity contribution >= 4 is 33.4 Å². The summed E-state index contributed by atoms with van der Waals surface area (Å²) >= 11 is 3.35. The molecule has 6 heteroatoms. The standard InChI is InChI=1S/C16H15BrN2O3/c17-11-5-7-12(8-6-11)18-15(20)13-3-1-9-19(13)16(21)14-4-2-10-22-14/h2,4-8,10,13H,1,3,9H2,(H,18,20)/t13-/m1/s1. The summed E-state index contributed by atoms with van der Waals surface area (Å²) in [6.07, 6.45) is 2.93. The molecular formula is C16H15BrN2O3. The summed E-state index contributed by atoms with van der Waals surface area (Å²) in [5.41, 5.74) is 0.713. The highest BCUT2D eigenvalue weighted by Crippen LogP contribution is 2.22. The summed E-state index contributed by atoms with van der Waals surface area (Å²) in [6, 6.07) is 10.2. The van der Waals surface area contributed by atoms with Crippen LogP contribution in [0.2, 0.25) is 0 Å². The van der Waals surface area contributed by atoms with Crippen molar-refractivity contribution in [1.29, 1.82) is 0 Å². The van der Waals surface area contributed by atoms with Crippen molar-refractivity contribution in [1.82, 2.24) is 4.90 Å². The van der Waals surface area contributed by atoms with Crippen LogP contribution >= 0.6 is 15.9 Å². The van der Waals surface area contributed by atoms with Gasteiger partial charge in [0.15, 0.2) is 5.76 Å². The van der Waals surface area contributed by atoms with Gasteiger partial charge in [-0.05, 0) is 49.2 Å². The van der Waals surface area contributed by atoms with E-state index in [1.54, 1.807) is 17.0 Å². The second-order valence-electron chi connectivity index (χ2n) is 5.13. The van der Waals surface area contributed by atoms with Crippen LogP contribution < -0.4 is 5.32 Å². The van der Waals surface area contributed by atoms with E-state index in [2.05, 4.69) is 21.2 Å². The molecule has 0 bridgehead atoms.